The summed E-state index contributed by atoms with van der Waals surface area (Å²) < 4.78 is 0. The summed E-state index contributed by atoms with van der Waals surface area (Å²) in [5, 5.41) is 22.0. The number of amides is 2. The third-order valence-corrected chi connectivity index (χ3v) is 8.53. The van der Waals surface area contributed by atoms with Gasteiger partial charge in [0.25, 0.3) is 0 Å². The third-order valence-electron chi connectivity index (χ3n) is 8.53. The number of carbonyl (C=O) groups excluding carboxylic acids is 1. The number of urea groups is 1. The van der Waals surface area contributed by atoms with E-state index in [1.54, 1.807) is 11.0 Å². The second kappa shape index (κ2) is 15.8. The second-order valence-corrected chi connectivity index (χ2v) is 11.6. The van der Waals surface area contributed by atoms with Gasteiger partial charge in [0.1, 0.15) is 18.2 Å². The number of nitrogens with one attached hydrogen (secondary N) is 4. The van der Waals surface area contributed by atoms with Gasteiger partial charge in [-0.25, -0.2) is 4.79 Å². The van der Waals surface area contributed by atoms with Crippen LogP contribution in [0.1, 0.15) is 64.2 Å². The molecule has 2 heterocycles. The Morgan fingerprint density at radius 2 is 1.62 bits per heavy atom. The van der Waals surface area contributed by atoms with Gasteiger partial charge in [0.2, 0.25) is 5.95 Å². The number of aliphatic carboxylic acids is 1. The number of carboxylic acid groups (broad SMARTS) is 1. The van der Waals surface area contributed by atoms with Crippen LogP contribution < -0.4 is 31.9 Å². The molecule has 2 aliphatic carbocycles. The number of nitrogens with zero attached hydrogens (tertiary/aromatic N) is 4. The van der Waals surface area contributed by atoms with Gasteiger partial charge in [-0.1, -0.05) is 19.3 Å². The lowest BCUT2D eigenvalue weighted by Crippen LogP contribution is -2.52. The number of rotatable bonds is 13. The first kappa shape index (κ1) is 30.1. The zero-order valence-corrected chi connectivity index (χ0v) is 23.9. The maximum atomic E-state index is 12.1. The van der Waals surface area contributed by atoms with Crippen LogP contribution >= 0.6 is 0 Å². The van der Waals surface area contributed by atoms with Crippen molar-refractivity contribution >= 4 is 29.6 Å². The van der Waals surface area contributed by atoms with Gasteiger partial charge >= 0.3 is 12.0 Å². The summed E-state index contributed by atoms with van der Waals surface area (Å²) in [7, 11) is 0. The Morgan fingerprint density at radius 1 is 0.925 bits per heavy atom. The smallest absolute Gasteiger partial charge is 0.323 e. The van der Waals surface area contributed by atoms with Crippen molar-refractivity contribution in [3.8, 4) is 0 Å². The van der Waals surface area contributed by atoms with Gasteiger partial charge in [0, 0.05) is 44.8 Å². The molecule has 7 N–H and O–H groups in total. The number of anilines is 3. The molecule has 2 saturated carbocycles. The fraction of sp³-hybridized carbons (Fsp3) is 0.786. The van der Waals surface area contributed by atoms with E-state index in [2.05, 4.69) is 31.2 Å². The summed E-state index contributed by atoms with van der Waals surface area (Å²) >= 11 is 0. The first-order valence-electron chi connectivity index (χ1n) is 15.3. The van der Waals surface area contributed by atoms with Crippen molar-refractivity contribution in [3.63, 3.8) is 0 Å². The summed E-state index contributed by atoms with van der Waals surface area (Å²) in [6.07, 6.45) is 13.0. The molecule has 12 nitrogen and oxygen atoms in total. The number of aromatic nitrogens is 2. The summed E-state index contributed by atoms with van der Waals surface area (Å²) in [6, 6.07) is 2.15. The average Bonchev–Trinajstić information content (AvgIpc) is 2.97. The van der Waals surface area contributed by atoms with Crippen molar-refractivity contribution in [2.24, 2.45) is 11.8 Å². The molecule has 2 amide bonds. The van der Waals surface area contributed by atoms with Crippen molar-refractivity contribution in [1.29, 1.82) is 0 Å². The predicted molar refractivity (Wildman–Crippen MR) is 158 cm³/mol. The van der Waals surface area contributed by atoms with Gasteiger partial charge in [-0.3, -0.25) is 4.79 Å². The van der Waals surface area contributed by atoms with Crippen LogP contribution in [0.25, 0.3) is 0 Å². The number of nitrogen functional groups attached to an aromatic ring is 1. The summed E-state index contributed by atoms with van der Waals surface area (Å²) in [6.45, 7) is 5.95. The third kappa shape index (κ3) is 9.96. The minimum atomic E-state index is -1.06. The molecule has 0 bridgehead atoms. The molecule has 0 aromatic carbocycles. The summed E-state index contributed by atoms with van der Waals surface area (Å²) in [5.74, 6) is 2.02. The lowest BCUT2D eigenvalue weighted by Gasteiger charge is -2.35. The molecule has 4 rings (SSSR count). The van der Waals surface area contributed by atoms with Crippen molar-refractivity contribution in [2.75, 3.05) is 74.9 Å². The van der Waals surface area contributed by atoms with Crippen LogP contribution in [0.15, 0.2) is 6.07 Å². The molecular weight excluding hydrogens is 510 g/mol. The molecule has 0 spiro atoms. The molecule has 1 aliphatic heterocycles. The zero-order valence-electron chi connectivity index (χ0n) is 23.9. The van der Waals surface area contributed by atoms with Gasteiger partial charge in [0.15, 0.2) is 0 Å². The Bertz CT molecular complexity index is 928. The van der Waals surface area contributed by atoms with Crippen LogP contribution in [-0.2, 0) is 4.79 Å². The van der Waals surface area contributed by atoms with E-state index in [0.29, 0.717) is 43.9 Å². The minimum Gasteiger partial charge on any atom is -0.480 e. The van der Waals surface area contributed by atoms with Crippen LogP contribution in [0.2, 0.25) is 0 Å². The molecule has 40 heavy (non-hydrogen) atoms. The van der Waals surface area contributed by atoms with Gasteiger partial charge in [-0.15, -0.1) is 0 Å². The van der Waals surface area contributed by atoms with E-state index in [0.717, 1.165) is 44.0 Å². The van der Waals surface area contributed by atoms with E-state index in [1.807, 2.05) is 0 Å². The normalized spacial score (nSPS) is 22.2. The lowest BCUT2D eigenvalue weighted by molar-refractivity contribution is -0.135. The topological polar surface area (TPSA) is 161 Å². The number of nitrogens with two attached hydrogens (primary N) is 1. The number of carbonyl (C=O) groups is 2. The average molecular weight is 560 g/mol. The van der Waals surface area contributed by atoms with Gasteiger partial charge < -0.3 is 41.9 Å². The molecule has 1 aromatic rings. The van der Waals surface area contributed by atoms with Crippen LogP contribution in [0, 0.1) is 11.8 Å². The first-order chi connectivity index (χ1) is 19.5. The van der Waals surface area contributed by atoms with Crippen LogP contribution in [-0.4, -0.2) is 96.9 Å². The van der Waals surface area contributed by atoms with Crippen molar-refractivity contribution in [2.45, 2.75) is 70.3 Å². The quantitative estimate of drug-likeness (QED) is 0.197. The minimum absolute atomic E-state index is 0.362. The molecule has 12 heteroatoms. The Hall–Kier alpha value is -2.86. The molecule has 3 fully saturated rings. The highest BCUT2D eigenvalue weighted by molar-refractivity contribution is 5.80. The highest BCUT2D eigenvalue weighted by Gasteiger charge is 2.24. The second-order valence-electron chi connectivity index (χ2n) is 11.6. The largest absolute Gasteiger partial charge is 0.480 e. The van der Waals surface area contributed by atoms with Gasteiger partial charge in [-0.05, 0) is 76.4 Å². The Morgan fingerprint density at radius 3 is 2.33 bits per heavy atom. The van der Waals surface area contributed by atoms with Crippen LogP contribution in [0.4, 0.5) is 22.4 Å². The highest BCUT2D eigenvalue weighted by Crippen LogP contribution is 2.29. The van der Waals surface area contributed by atoms with Crippen LogP contribution in [0.5, 0.6) is 0 Å². The first-order valence-corrected chi connectivity index (χ1v) is 15.3. The Kier molecular flexibility index (Phi) is 11.9. The van der Waals surface area contributed by atoms with Crippen molar-refractivity contribution in [3.05, 3.63) is 6.07 Å². The molecule has 3 aliphatic rings. The fourth-order valence-corrected chi connectivity index (χ4v) is 6.10. The van der Waals surface area contributed by atoms with E-state index in [1.165, 1.54) is 64.2 Å². The van der Waals surface area contributed by atoms with E-state index < -0.39 is 5.97 Å². The molecule has 1 saturated heterocycles. The SMILES string of the molecule is Nc1cc(N2CCN(C(=O)NCC(=O)O)CC2)nc(NCC2CCC(CNCCCNC3CCCCC3)CC2)n1. The standard InChI is InChI=1S/C28H49N9O3/c29-24-17-25(36-13-15-37(16-14-36)28(40)33-20-26(38)39)35-27(34-24)32-19-22-9-7-21(8-10-22)18-30-11-4-12-31-23-5-2-1-3-6-23/h17,21-23,30-31H,1-16,18-20H2,(H,33,40)(H,38,39)(H3,29,32,34,35). The Labute approximate surface area is 238 Å². The lowest BCUT2D eigenvalue weighted by atomic mass is 9.82. The van der Waals surface area contributed by atoms with E-state index in [4.69, 9.17) is 15.8 Å². The molecule has 224 valence electrons. The Balaban J connectivity index is 1.10. The van der Waals surface area contributed by atoms with Gasteiger partial charge in [0.05, 0.1) is 0 Å². The van der Waals surface area contributed by atoms with Crippen molar-refractivity contribution in [1.82, 2.24) is 30.8 Å². The molecule has 0 unspecified atom stereocenters. The monoisotopic (exact) mass is 559 g/mol. The molecule has 0 atom stereocenters. The van der Waals surface area contributed by atoms with E-state index >= 15 is 0 Å². The molecule has 0 radical (unpaired) electrons. The number of hydrogen-bond acceptors (Lipinski definition) is 9. The summed E-state index contributed by atoms with van der Waals surface area (Å²) in [5.41, 5.74) is 6.09. The van der Waals surface area contributed by atoms with Crippen LogP contribution in [0.3, 0.4) is 0 Å². The van der Waals surface area contributed by atoms with E-state index in [9.17, 15) is 9.59 Å². The predicted octanol–water partition coefficient (Wildman–Crippen LogP) is 2.10. The van der Waals surface area contributed by atoms with Crippen molar-refractivity contribution < 1.29 is 14.7 Å². The van der Waals surface area contributed by atoms with E-state index in [-0.39, 0.29) is 12.6 Å². The highest BCUT2D eigenvalue weighted by atomic mass is 16.4. The summed E-state index contributed by atoms with van der Waals surface area (Å²) in [4.78, 5) is 35.6. The number of piperazine rings is 1. The molecule has 1 aromatic heterocycles. The fourth-order valence-electron chi connectivity index (χ4n) is 6.10. The zero-order chi connectivity index (χ0) is 28.2. The van der Waals surface area contributed by atoms with Gasteiger partial charge in [-0.2, -0.15) is 9.97 Å². The number of carboxylic acids is 1. The number of hydrogen-bond donors (Lipinski definition) is 6. The molecular formula is C28H49N9O3. The maximum Gasteiger partial charge on any atom is 0.323 e. The maximum absolute atomic E-state index is 12.1.